The number of aryl methyl sites for hydroxylation is 1. The number of carbonyl (C=O) groups excluding carboxylic acids is 2. The summed E-state index contributed by atoms with van der Waals surface area (Å²) < 4.78 is 0. The van der Waals surface area contributed by atoms with Gasteiger partial charge in [0, 0.05) is 24.4 Å². The van der Waals surface area contributed by atoms with Crippen molar-refractivity contribution in [3.05, 3.63) is 63.3 Å². The number of anilines is 1. The molecule has 0 radical (unpaired) electrons. The molecule has 4 aromatic rings. The Morgan fingerprint density at radius 2 is 1.87 bits per heavy atom. The van der Waals surface area contributed by atoms with Crippen molar-refractivity contribution in [1.82, 2.24) is 15.3 Å². The molecule has 0 aliphatic rings. The molecule has 30 heavy (non-hydrogen) atoms. The molecule has 0 aliphatic carbocycles. The van der Waals surface area contributed by atoms with Crippen molar-refractivity contribution in [2.24, 2.45) is 0 Å². The van der Waals surface area contributed by atoms with Crippen LogP contribution in [-0.4, -0.2) is 21.8 Å². The van der Waals surface area contributed by atoms with Crippen molar-refractivity contribution in [2.45, 2.75) is 20.4 Å². The fourth-order valence-corrected chi connectivity index (χ4v) is 5.22. The first-order valence-electron chi connectivity index (χ1n) is 9.11. The summed E-state index contributed by atoms with van der Waals surface area (Å²) in [5, 5.41) is 11.0. The molecule has 4 rings (SSSR count). The summed E-state index contributed by atoms with van der Waals surface area (Å²) >= 11 is 4.38. The number of aromatic nitrogens is 2. The van der Waals surface area contributed by atoms with Crippen molar-refractivity contribution in [3.63, 3.8) is 0 Å². The number of benzene rings is 1. The zero-order chi connectivity index (χ0) is 21.1. The second kappa shape index (κ2) is 8.86. The predicted octanol–water partition coefficient (Wildman–Crippen LogP) is 5.19. The van der Waals surface area contributed by atoms with Gasteiger partial charge < -0.3 is 5.32 Å². The van der Waals surface area contributed by atoms with E-state index in [0.29, 0.717) is 22.2 Å². The largest absolute Gasteiger partial charge is 0.352 e. The van der Waals surface area contributed by atoms with E-state index in [1.54, 1.807) is 11.3 Å². The van der Waals surface area contributed by atoms with Gasteiger partial charge in [0.2, 0.25) is 5.91 Å². The van der Waals surface area contributed by atoms with Crippen LogP contribution in [0, 0.1) is 6.92 Å². The van der Waals surface area contributed by atoms with Crippen LogP contribution < -0.4 is 10.6 Å². The highest BCUT2D eigenvalue weighted by molar-refractivity contribution is 7.22. The SMILES string of the molecule is CC(=O)NCc1ccc(-c2csc(NC(=O)c3sc(-c4cccs4)nc3C)n2)cc1. The van der Waals surface area contributed by atoms with E-state index < -0.39 is 0 Å². The maximum atomic E-state index is 12.7. The quantitative estimate of drug-likeness (QED) is 0.420. The Kier molecular flexibility index (Phi) is 6.03. The van der Waals surface area contributed by atoms with Crippen LogP contribution in [0.2, 0.25) is 0 Å². The fourth-order valence-electron chi connectivity index (χ4n) is 2.75. The summed E-state index contributed by atoms with van der Waals surface area (Å²) in [6.07, 6.45) is 0. The zero-order valence-electron chi connectivity index (χ0n) is 16.3. The summed E-state index contributed by atoms with van der Waals surface area (Å²) in [4.78, 5) is 34.5. The molecule has 0 atom stereocenters. The van der Waals surface area contributed by atoms with E-state index in [1.807, 2.05) is 54.1 Å². The molecule has 3 aromatic heterocycles. The van der Waals surface area contributed by atoms with Gasteiger partial charge >= 0.3 is 0 Å². The van der Waals surface area contributed by atoms with E-state index in [2.05, 4.69) is 20.6 Å². The number of thiophene rings is 1. The molecule has 6 nitrogen and oxygen atoms in total. The summed E-state index contributed by atoms with van der Waals surface area (Å²) in [6.45, 7) is 3.84. The topological polar surface area (TPSA) is 84.0 Å². The number of thiazole rings is 2. The third-order valence-electron chi connectivity index (χ3n) is 4.25. The van der Waals surface area contributed by atoms with Crippen LogP contribution in [0.4, 0.5) is 5.13 Å². The lowest BCUT2D eigenvalue weighted by molar-refractivity contribution is -0.119. The summed E-state index contributed by atoms with van der Waals surface area (Å²) in [6, 6.07) is 11.8. The Labute approximate surface area is 185 Å². The number of hydrogen-bond acceptors (Lipinski definition) is 7. The predicted molar refractivity (Wildman–Crippen MR) is 123 cm³/mol. The number of nitrogens with zero attached hydrogens (tertiary/aromatic N) is 2. The summed E-state index contributed by atoms with van der Waals surface area (Å²) in [5.41, 5.74) is 3.47. The van der Waals surface area contributed by atoms with Gasteiger partial charge in [0.05, 0.1) is 16.3 Å². The van der Waals surface area contributed by atoms with E-state index >= 15 is 0 Å². The molecule has 0 fully saturated rings. The monoisotopic (exact) mass is 454 g/mol. The molecule has 0 spiro atoms. The molecule has 0 bridgehead atoms. The molecule has 9 heteroatoms. The molecule has 2 N–H and O–H groups in total. The first-order chi connectivity index (χ1) is 14.5. The van der Waals surface area contributed by atoms with Crippen molar-refractivity contribution < 1.29 is 9.59 Å². The smallest absolute Gasteiger partial charge is 0.269 e. The molecule has 0 unspecified atom stereocenters. The van der Waals surface area contributed by atoms with E-state index in [4.69, 9.17) is 0 Å². The van der Waals surface area contributed by atoms with Gasteiger partial charge in [-0.3, -0.25) is 14.9 Å². The van der Waals surface area contributed by atoms with Crippen molar-refractivity contribution in [1.29, 1.82) is 0 Å². The summed E-state index contributed by atoms with van der Waals surface area (Å²) in [7, 11) is 0. The third kappa shape index (κ3) is 4.64. The van der Waals surface area contributed by atoms with E-state index in [9.17, 15) is 9.59 Å². The number of nitrogens with one attached hydrogen (secondary N) is 2. The molecule has 0 aliphatic heterocycles. The van der Waals surface area contributed by atoms with Gasteiger partial charge in [0.15, 0.2) is 5.13 Å². The van der Waals surface area contributed by atoms with E-state index in [1.165, 1.54) is 29.6 Å². The van der Waals surface area contributed by atoms with Crippen LogP contribution in [0.15, 0.2) is 47.2 Å². The minimum absolute atomic E-state index is 0.0577. The lowest BCUT2D eigenvalue weighted by Gasteiger charge is -2.03. The number of hydrogen-bond donors (Lipinski definition) is 2. The van der Waals surface area contributed by atoms with Crippen LogP contribution in [-0.2, 0) is 11.3 Å². The van der Waals surface area contributed by atoms with Crippen LogP contribution in [0.1, 0.15) is 27.9 Å². The van der Waals surface area contributed by atoms with Gasteiger partial charge in [-0.25, -0.2) is 9.97 Å². The molecule has 2 amide bonds. The minimum atomic E-state index is -0.195. The van der Waals surface area contributed by atoms with Gasteiger partial charge in [-0.05, 0) is 23.9 Å². The van der Waals surface area contributed by atoms with Gasteiger partial charge in [-0.15, -0.1) is 34.0 Å². The lowest BCUT2D eigenvalue weighted by Crippen LogP contribution is -2.18. The highest BCUT2D eigenvalue weighted by Crippen LogP contribution is 2.32. The first-order valence-corrected chi connectivity index (χ1v) is 11.7. The standard InChI is InChI=1S/C21H18N4O2S3/c1-12-18(30-20(23-12)17-4-3-9-28-17)19(27)25-21-24-16(11-29-21)15-7-5-14(6-8-15)10-22-13(2)26/h3-9,11H,10H2,1-2H3,(H,22,26)(H,24,25,27). The molecular formula is C21H18N4O2S3. The number of rotatable bonds is 6. The average molecular weight is 455 g/mol. The van der Waals surface area contributed by atoms with E-state index in [0.717, 1.165) is 26.7 Å². The van der Waals surface area contributed by atoms with Crippen LogP contribution in [0.25, 0.3) is 21.1 Å². The normalized spacial score (nSPS) is 10.7. The Morgan fingerprint density at radius 3 is 2.57 bits per heavy atom. The molecular weight excluding hydrogens is 436 g/mol. The maximum Gasteiger partial charge on any atom is 0.269 e. The molecule has 152 valence electrons. The molecule has 0 saturated carbocycles. The number of amides is 2. The zero-order valence-corrected chi connectivity index (χ0v) is 18.7. The lowest BCUT2D eigenvalue weighted by atomic mass is 10.1. The first kappa shape index (κ1) is 20.4. The maximum absolute atomic E-state index is 12.7. The van der Waals surface area contributed by atoms with Crippen LogP contribution in [0.5, 0.6) is 0 Å². The third-order valence-corrected chi connectivity index (χ3v) is 7.20. The summed E-state index contributed by atoms with van der Waals surface area (Å²) in [5.74, 6) is -0.253. The van der Waals surface area contributed by atoms with Crippen molar-refractivity contribution in [2.75, 3.05) is 5.32 Å². The molecule has 0 saturated heterocycles. The average Bonchev–Trinajstić information content (AvgIpc) is 3.47. The Bertz CT molecular complexity index is 1180. The van der Waals surface area contributed by atoms with Crippen LogP contribution in [0.3, 0.4) is 0 Å². The molecule has 1 aromatic carbocycles. The second-order valence-corrected chi connectivity index (χ2v) is 9.31. The highest BCUT2D eigenvalue weighted by Gasteiger charge is 2.18. The Hall–Kier alpha value is -2.88. The minimum Gasteiger partial charge on any atom is -0.352 e. The van der Waals surface area contributed by atoms with E-state index in [-0.39, 0.29) is 11.8 Å². The van der Waals surface area contributed by atoms with Crippen molar-refractivity contribution >= 4 is 51.0 Å². The number of carbonyl (C=O) groups is 2. The highest BCUT2D eigenvalue weighted by atomic mass is 32.1. The van der Waals surface area contributed by atoms with Gasteiger partial charge in [0.25, 0.3) is 5.91 Å². The van der Waals surface area contributed by atoms with Gasteiger partial charge in [-0.2, -0.15) is 0 Å². The molecule has 3 heterocycles. The van der Waals surface area contributed by atoms with Gasteiger partial charge in [-0.1, -0.05) is 30.3 Å². The van der Waals surface area contributed by atoms with Gasteiger partial charge in [0.1, 0.15) is 9.88 Å². The Balaban J connectivity index is 1.44. The second-order valence-electron chi connectivity index (χ2n) is 6.51. The Morgan fingerprint density at radius 1 is 1.07 bits per heavy atom. The van der Waals surface area contributed by atoms with Crippen LogP contribution >= 0.6 is 34.0 Å². The van der Waals surface area contributed by atoms with Crippen molar-refractivity contribution in [3.8, 4) is 21.1 Å². The fraction of sp³-hybridized carbons (Fsp3) is 0.143.